The first kappa shape index (κ1) is 11.8. The normalized spacial score (nSPS) is 24.7. The van der Waals surface area contributed by atoms with Crippen LogP contribution in [0.5, 0.6) is 0 Å². The highest BCUT2D eigenvalue weighted by atomic mass is 15.3. The molecule has 0 spiro atoms. The van der Waals surface area contributed by atoms with E-state index in [9.17, 15) is 0 Å². The Hall–Kier alpha value is -1.22. The summed E-state index contributed by atoms with van der Waals surface area (Å²) in [5, 5.41) is 3.22. The maximum Gasteiger partial charge on any atom is 0.0387 e. The van der Waals surface area contributed by atoms with E-state index in [0.29, 0.717) is 0 Å². The molecule has 0 aromatic heterocycles. The van der Waals surface area contributed by atoms with Crippen LogP contribution in [-0.4, -0.2) is 44.2 Å². The second kappa shape index (κ2) is 5.19. The van der Waals surface area contributed by atoms with Gasteiger partial charge in [-0.1, -0.05) is 6.07 Å². The Morgan fingerprint density at radius 3 is 2.78 bits per heavy atom. The van der Waals surface area contributed by atoms with Crippen LogP contribution in [0, 0.1) is 0 Å². The summed E-state index contributed by atoms with van der Waals surface area (Å²) in [7, 11) is 1.98. The average Bonchev–Trinajstić information content (AvgIpc) is 3.09. The highest BCUT2D eigenvalue weighted by Gasteiger charge is 2.29. The molecule has 0 bridgehead atoms. The Kier molecular flexibility index (Phi) is 3.41. The maximum atomic E-state index is 3.22. The first-order valence-electron chi connectivity index (χ1n) is 7.13. The maximum absolute atomic E-state index is 3.22. The Morgan fingerprint density at radius 2 is 2.00 bits per heavy atom. The molecule has 1 unspecified atom stereocenters. The molecule has 1 aromatic carbocycles. The third-order valence-electron chi connectivity index (χ3n) is 4.32. The van der Waals surface area contributed by atoms with Gasteiger partial charge in [-0.2, -0.15) is 0 Å². The zero-order chi connectivity index (χ0) is 12.4. The number of nitrogens with zero attached hydrogens (tertiary/aromatic N) is 2. The van der Waals surface area contributed by atoms with Gasteiger partial charge in [0.05, 0.1) is 0 Å². The van der Waals surface area contributed by atoms with Crippen molar-refractivity contribution in [2.75, 3.05) is 43.4 Å². The molecule has 0 saturated carbocycles. The minimum Gasteiger partial charge on any atom is -0.388 e. The molecular weight excluding hydrogens is 222 g/mol. The number of rotatable bonds is 3. The first-order chi connectivity index (χ1) is 8.86. The molecule has 2 fully saturated rings. The van der Waals surface area contributed by atoms with Crippen LogP contribution in [0.15, 0.2) is 24.3 Å². The van der Waals surface area contributed by atoms with Gasteiger partial charge in [0.25, 0.3) is 0 Å². The van der Waals surface area contributed by atoms with E-state index in [2.05, 4.69) is 39.4 Å². The molecule has 2 aliphatic rings. The molecular formula is C15H23N3. The van der Waals surface area contributed by atoms with E-state index in [1.807, 2.05) is 7.05 Å². The number of benzene rings is 1. The lowest BCUT2D eigenvalue weighted by Crippen LogP contribution is -2.35. The summed E-state index contributed by atoms with van der Waals surface area (Å²) >= 11 is 0. The largest absolute Gasteiger partial charge is 0.388 e. The zero-order valence-electron chi connectivity index (χ0n) is 11.2. The van der Waals surface area contributed by atoms with E-state index >= 15 is 0 Å². The van der Waals surface area contributed by atoms with Crippen molar-refractivity contribution < 1.29 is 0 Å². The van der Waals surface area contributed by atoms with Gasteiger partial charge in [0.15, 0.2) is 0 Å². The molecule has 2 heterocycles. The monoisotopic (exact) mass is 245 g/mol. The Labute approximate surface area is 110 Å². The summed E-state index contributed by atoms with van der Waals surface area (Å²) in [6.07, 6.45) is 4.11. The molecule has 0 radical (unpaired) electrons. The van der Waals surface area contributed by atoms with E-state index in [1.165, 1.54) is 56.8 Å². The molecule has 1 aromatic rings. The summed E-state index contributed by atoms with van der Waals surface area (Å²) in [6.45, 7) is 5.03. The van der Waals surface area contributed by atoms with E-state index in [0.717, 1.165) is 6.04 Å². The van der Waals surface area contributed by atoms with Crippen LogP contribution in [0.2, 0.25) is 0 Å². The lowest BCUT2D eigenvalue weighted by atomic mass is 10.2. The molecule has 3 heteroatoms. The predicted octanol–water partition coefficient (Wildman–Crippen LogP) is 2.40. The summed E-state index contributed by atoms with van der Waals surface area (Å²) in [5.74, 6) is 0. The molecule has 3 nitrogen and oxygen atoms in total. The van der Waals surface area contributed by atoms with Crippen LogP contribution in [0.25, 0.3) is 0 Å². The molecule has 18 heavy (non-hydrogen) atoms. The van der Waals surface area contributed by atoms with E-state index < -0.39 is 0 Å². The highest BCUT2D eigenvalue weighted by Crippen LogP contribution is 2.26. The number of likely N-dealkylation sites (tertiary alicyclic amines) is 1. The van der Waals surface area contributed by atoms with Crippen LogP contribution in [0.3, 0.4) is 0 Å². The van der Waals surface area contributed by atoms with Gasteiger partial charge < -0.3 is 10.2 Å². The lowest BCUT2D eigenvalue weighted by molar-refractivity contribution is 0.260. The minimum absolute atomic E-state index is 0.783. The zero-order valence-corrected chi connectivity index (χ0v) is 11.2. The molecule has 3 rings (SSSR count). The van der Waals surface area contributed by atoms with Crippen LogP contribution in [-0.2, 0) is 0 Å². The minimum atomic E-state index is 0.783. The summed E-state index contributed by atoms with van der Waals surface area (Å²) in [5.41, 5.74) is 2.57. The van der Waals surface area contributed by atoms with Crippen molar-refractivity contribution in [3.8, 4) is 0 Å². The lowest BCUT2D eigenvalue weighted by Gasteiger charge is -2.24. The molecule has 98 valence electrons. The smallest absolute Gasteiger partial charge is 0.0387 e. The van der Waals surface area contributed by atoms with Gasteiger partial charge >= 0.3 is 0 Å². The van der Waals surface area contributed by atoms with Crippen molar-refractivity contribution >= 4 is 11.4 Å². The van der Waals surface area contributed by atoms with Crippen molar-refractivity contribution in [1.29, 1.82) is 0 Å². The average molecular weight is 245 g/mol. The van der Waals surface area contributed by atoms with Crippen molar-refractivity contribution in [2.45, 2.75) is 25.3 Å². The van der Waals surface area contributed by atoms with Gasteiger partial charge in [-0.25, -0.2) is 0 Å². The molecule has 2 saturated heterocycles. The fourth-order valence-electron chi connectivity index (χ4n) is 3.24. The molecule has 2 aliphatic heterocycles. The quantitative estimate of drug-likeness (QED) is 0.882. The van der Waals surface area contributed by atoms with Gasteiger partial charge in [-0.3, -0.25) is 4.90 Å². The van der Waals surface area contributed by atoms with Crippen molar-refractivity contribution in [1.82, 2.24) is 4.90 Å². The van der Waals surface area contributed by atoms with Crippen LogP contribution >= 0.6 is 0 Å². The standard InChI is InChI=1S/C15H23N3/c1-16-13-5-4-6-14(11-13)18-10-7-15(12-18)17-8-2-3-9-17/h4-6,11,15-16H,2-3,7-10,12H2,1H3. The Balaban J connectivity index is 1.67. The van der Waals surface area contributed by atoms with Gasteiger partial charge in [0.1, 0.15) is 0 Å². The van der Waals surface area contributed by atoms with Crippen molar-refractivity contribution in [3.63, 3.8) is 0 Å². The topological polar surface area (TPSA) is 18.5 Å². The number of hydrogen-bond donors (Lipinski definition) is 1. The second-order valence-corrected chi connectivity index (χ2v) is 5.43. The summed E-state index contributed by atoms with van der Waals surface area (Å²) in [4.78, 5) is 5.21. The van der Waals surface area contributed by atoms with Crippen molar-refractivity contribution in [2.24, 2.45) is 0 Å². The van der Waals surface area contributed by atoms with Gasteiger partial charge in [-0.15, -0.1) is 0 Å². The Morgan fingerprint density at radius 1 is 1.17 bits per heavy atom. The van der Waals surface area contributed by atoms with Gasteiger partial charge in [0.2, 0.25) is 0 Å². The predicted molar refractivity (Wildman–Crippen MR) is 77.4 cm³/mol. The fraction of sp³-hybridized carbons (Fsp3) is 0.600. The van der Waals surface area contributed by atoms with E-state index in [-0.39, 0.29) is 0 Å². The fourth-order valence-corrected chi connectivity index (χ4v) is 3.24. The van der Waals surface area contributed by atoms with Crippen LogP contribution in [0.1, 0.15) is 19.3 Å². The molecule has 1 N–H and O–H groups in total. The molecule has 1 atom stereocenters. The van der Waals surface area contributed by atoms with Crippen LogP contribution in [0.4, 0.5) is 11.4 Å². The van der Waals surface area contributed by atoms with Crippen molar-refractivity contribution in [3.05, 3.63) is 24.3 Å². The first-order valence-corrected chi connectivity index (χ1v) is 7.13. The SMILES string of the molecule is CNc1cccc(N2CCC(N3CCCC3)C2)c1. The van der Waals surface area contributed by atoms with Crippen LogP contribution < -0.4 is 10.2 Å². The second-order valence-electron chi connectivity index (χ2n) is 5.43. The Bertz CT molecular complexity index is 398. The van der Waals surface area contributed by atoms with Gasteiger partial charge in [0, 0.05) is 37.6 Å². The van der Waals surface area contributed by atoms with Gasteiger partial charge in [-0.05, 0) is 50.6 Å². The molecule has 0 aliphatic carbocycles. The third kappa shape index (κ3) is 2.32. The third-order valence-corrected chi connectivity index (χ3v) is 4.32. The summed E-state index contributed by atoms with van der Waals surface area (Å²) < 4.78 is 0. The summed E-state index contributed by atoms with van der Waals surface area (Å²) in [6, 6.07) is 9.53. The highest BCUT2D eigenvalue weighted by molar-refractivity contribution is 5.58. The molecule has 0 amide bonds. The number of nitrogens with one attached hydrogen (secondary N) is 1. The number of anilines is 2. The number of hydrogen-bond acceptors (Lipinski definition) is 3. The van der Waals surface area contributed by atoms with E-state index in [1.54, 1.807) is 0 Å². The van der Waals surface area contributed by atoms with E-state index in [4.69, 9.17) is 0 Å².